The molecule has 1 aromatic rings. The van der Waals surface area contributed by atoms with E-state index in [2.05, 4.69) is 42.7 Å². The highest BCUT2D eigenvalue weighted by atomic mass is 32.1. The molecule has 0 spiro atoms. The molecule has 2 aliphatic heterocycles. The predicted molar refractivity (Wildman–Crippen MR) is 113 cm³/mol. The minimum absolute atomic E-state index is 0.543. The zero-order valence-corrected chi connectivity index (χ0v) is 17.1. The Labute approximate surface area is 163 Å². The normalized spacial score (nSPS) is 31.6. The maximum atomic E-state index is 5.64. The second-order valence-electron chi connectivity index (χ2n) is 8.95. The largest absolute Gasteiger partial charge is 0.359 e. The summed E-state index contributed by atoms with van der Waals surface area (Å²) in [6.45, 7) is 4.27. The Hall–Kier alpha value is -1.13. The molecule has 1 saturated carbocycles. The highest BCUT2D eigenvalue weighted by molar-refractivity contribution is 7.80. The molecule has 3 aliphatic rings. The third-order valence-corrected chi connectivity index (χ3v) is 7.05. The van der Waals surface area contributed by atoms with Gasteiger partial charge in [0.1, 0.15) is 0 Å². The molecule has 0 unspecified atom stereocenters. The van der Waals surface area contributed by atoms with Crippen LogP contribution in [0.4, 0.5) is 5.69 Å². The number of thiocarbonyl (C=S) groups is 1. The van der Waals surface area contributed by atoms with Gasteiger partial charge in [0, 0.05) is 24.6 Å². The number of anilines is 1. The number of rotatable bonds is 3. The van der Waals surface area contributed by atoms with Crippen LogP contribution in [0.3, 0.4) is 0 Å². The van der Waals surface area contributed by atoms with Crippen molar-refractivity contribution in [1.29, 1.82) is 0 Å². The lowest BCUT2D eigenvalue weighted by atomic mass is 9.80. The van der Waals surface area contributed by atoms with E-state index in [1.807, 2.05) is 4.90 Å². The Morgan fingerprint density at radius 1 is 0.885 bits per heavy atom. The fourth-order valence-electron chi connectivity index (χ4n) is 6.01. The molecule has 4 rings (SSSR count). The van der Waals surface area contributed by atoms with Crippen LogP contribution in [0, 0.1) is 13.8 Å². The molecular formula is C22H34N3S+. The summed E-state index contributed by atoms with van der Waals surface area (Å²) in [7, 11) is 0. The van der Waals surface area contributed by atoms with Crippen molar-refractivity contribution in [1.82, 2.24) is 5.32 Å². The molecule has 1 aliphatic carbocycles. The van der Waals surface area contributed by atoms with Crippen molar-refractivity contribution in [2.24, 2.45) is 0 Å². The maximum Gasteiger partial charge on any atom is 0.171 e. The lowest BCUT2D eigenvalue weighted by molar-refractivity contribution is -0.982. The molecule has 0 aromatic heterocycles. The number of piperidine rings is 2. The van der Waals surface area contributed by atoms with Gasteiger partial charge < -0.3 is 15.5 Å². The molecule has 3 nitrogen and oxygen atoms in total. The zero-order chi connectivity index (χ0) is 18.1. The van der Waals surface area contributed by atoms with E-state index in [9.17, 15) is 0 Å². The van der Waals surface area contributed by atoms with Gasteiger partial charge in [0.2, 0.25) is 0 Å². The number of quaternary nitrogens is 1. The molecule has 3 fully saturated rings. The van der Waals surface area contributed by atoms with E-state index < -0.39 is 0 Å². The van der Waals surface area contributed by atoms with E-state index in [4.69, 9.17) is 12.2 Å². The molecular weight excluding hydrogens is 338 g/mol. The number of hydrogen-bond donors (Lipinski definition) is 3. The third kappa shape index (κ3) is 4.07. The highest BCUT2D eigenvalue weighted by Gasteiger charge is 2.45. The van der Waals surface area contributed by atoms with E-state index in [-0.39, 0.29) is 0 Å². The van der Waals surface area contributed by atoms with E-state index in [1.54, 1.807) is 0 Å². The average Bonchev–Trinajstić information content (AvgIpc) is 3.06. The van der Waals surface area contributed by atoms with Crippen molar-refractivity contribution in [2.75, 3.05) is 5.32 Å². The van der Waals surface area contributed by atoms with Crippen LogP contribution < -0.4 is 15.5 Å². The average molecular weight is 373 g/mol. The smallest absolute Gasteiger partial charge is 0.171 e. The van der Waals surface area contributed by atoms with Gasteiger partial charge in [-0.1, -0.05) is 6.07 Å². The second-order valence-corrected chi connectivity index (χ2v) is 9.36. The molecule has 26 heavy (non-hydrogen) atoms. The van der Waals surface area contributed by atoms with Crippen LogP contribution in [-0.4, -0.2) is 29.3 Å². The van der Waals surface area contributed by atoms with Gasteiger partial charge in [-0.25, -0.2) is 0 Å². The summed E-state index contributed by atoms with van der Waals surface area (Å²) in [5, 5.41) is 7.86. The minimum Gasteiger partial charge on any atom is -0.359 e. The Morgan fingerprint density at radius 3 is 2.08 bits per heavy atom. The van der Waals surface area contributed by atoms with Gasteiger partial charge in [-0.2, -0.15) is 0 Å². The van der Waals surface area contributed by atoms with Gasteiger partial charge in [-0.05, 0) is 94.3 Å². The Bertz CT molecular complexity index is 619. The molecule has 0 radical (unpaired) electrons. The highest BCUT2D eigenvalue weighted by Crippen LogP contribution is 2.26. The van der Waals surface area contributed by atoms with Crippen molar-refractivity contribution >= 4 is 23.0 Å². The van der Waals surface area contributed by atoms with Gasteiger partial charge >= 0.3 is 0 Å². The lowest BCUT2D eigenvalue weighted by Crippen LogP contribution is -3.24. The zero-order valence-electron chi connectivity index (χ0n) is 16.3. The van der Waals surface area contributed by atoms with Crippen molar-refractivity contribution in [2.45, 2.75) is 95.8 Å². The summed E-state index contributed by atoms with van der Waals surface area (Å²) in [4.78, 5) is 1.97. The second kappa shape index (κ2) is 7.85. The van der Waals surface area contributed by atoms with Crippen molar-refractivity contribution in [3.63, 3.8) is 0 Å². The Balaban J connectivity index is 1.36. The van der Waals surface area contributed by atoms with Crippen molar-refractivity contribution in [3.8, 4) is 0 Å². The number of aryl methyl sites for hydroxylation is 2. The quantitative estimate of drug-likeness (QED) is 0.709. The van der Waals surface area contributed by atoms with Crippen LogP contribution in [0.25, 0.3) is 0 Å². The lowest BCUT2D eigenvalue weighted by Gasteiger charge is -2.48. The first kappa shape index (κ1) is 18.2. The fourth-order valence-corrected chi connectivity index (χ4v) is 6.30. The summed E-state index contributed by atoms with van der Waals surface area (Å²) < 4.78 is 0. The molecule has 2 heterocycles. The number of benzene rings is 1. The van der Waals surface area contributed by atoms with Gasteiger partial charge in [0.05, 0.1) is 18.1 Å². The monoisotopic (exact) mass is 372 g/mol. The van der Waals surface area contributed by atoms with E-state index in [0.717, 1.165) is 28.9 Å². The molecule has 2 atom stereocenters. The third-order valence-electron chi connectivity index (χ3n) is 6.83. The standard InChI is InChI=1S/C22H33N3S/c1-15-10-16(2)12-17(11-15)23-22(26)24-18-13-20-8-5-9-21(14-18)25(20)19-6-3-4-7-19/h10-12,18-21H,3-9,13-14H2,1-2H3,(H2,23,24,26)/p+1/t20-,21-/m1/s1. The van der Waals surface area contributed by atoms with E-state index >= 15 is 0 Å². The van der Waals surface area contributed by atoms with Crippen LogP contribution in [0.15, 0.2) is 18.2 Å². The number of nitrogens with one attached hydrogen (secondary N) is 3. The van der Waals surface area contributed by atoms with E-state index in [0.29, 0.717) is 6.04 Å². The van der Waals surface area contributed by atoms with Gasteiger partial charge in [-0.15, -0.1) is 0 Å². The molecule has 4 heteroatoms. The fraction of sp³-hybridized carbons (Fsp3) is 0.682. The predicted octanol–water partition coefficient (Wildman–Crippen LogP) is 3.50. The van der Waals surface area contributed by atoms with Crippen LogP contribution in [0.1, 0.15) is 68.9 Å². The summed E-state index contributed by atoms with van der Waals surface area (Å²) >= 11 is 5.64. The summed E-state index contributed by atoms with van der Waals surface area (Å²) in [5.74, 6) is 0. The molecule has 2 saturated heterocycles. The maximum absolute atomic E-state index is 5.64. The van der Waals surface area contributed by atoms with E-state index in [1.165, 1.54) is 68.9 Å². The Kier molecular flexibility index (Phi) is 5.51. The van der Waals surface area contributed by atoms with Gasteiger partial charge in [-0.3, -0.25) is 0 Å². The summed E-state index contributed by atoms with van der Waals surface area (Å²) in [5.41, 5.74) is 3.66. The van der Waals surface area contributed by atoms with Crippen molar-refractivity contribution < 1.29 is 4.90 Å². The minimum atomic E-state index is 0.543. The Morgan fingerprint density at radius 2 is 1.46 bits per heavy atom. The van der Waals surface area contributed by atoms with Crippen LogP contribution in [-0.2, 0) is 0 Å². The first-order valence-electron chi connectivity index (χ1n) is 10.6. The van der Waals surface area contributed by atoms with Crippen LogP contribution in [0.5, 0.6) is 0 Å². The number of fused-ring (bicyclic) bond motifs is 2. The van der Waals surface area contributed by atoms with Crippen LogP contribution >= 0.6 is 12.2 Å². The van der Waals surface area contributed by atoms with Crippen LogP contribution in [0.2, 0.25) is 0 Å². The summed E-state index contributed by atoms with van der Waals surface area (Å²) in [6, 6.07) is 9.74. The molecule has 1 aromatic carbocycles. The van der Waals surface area contributed by atoms with Crippen molar-refractivity contribution in [3.05, 3.63) is 29.3 Å². The number of hydrogen-bond acceptors (Lipinski definition) is 1. The molecule has 0 amide bonds. The molecule has 142 valence electrons. The SMILES string of the molecule is Cc1cc(C)cc(NC(=S)NC2C[C@H]3CCC[C@H](C2)[NH+]3C2CCCC2)c1. The first-order valence-corrected chi connectivity index (χ1v) is 11.0. The topological polar surface area (TPSA) is 28.5 Å². The molecule has 2 bridgehead atoms. The molecule has 3 N–H and O–H groups in total. The van der Waals surface area contributed by atoms with Gasteiger partial charge in [0.25, 0.3) is 0 Å². The first-order chi connectivity index (χ1) is 12.6. The summed E-state index contributed by atoms with van der Waals surface area (Å²) in [6.07, 6.45) is 12.7. The van der Waals surface area contributed by atoms with Gasteiger partial charge in [0.15, 0.2) is 5.11 Å².